The Hall–Kier alpha value is -2.40. The first-order valence-corrected chi connectivity index (χ1v) is 8.33. The van der Waals surface area contributed by atoms with E-state index >= 15 is 0 Å². The van der Waals surface area contributed by atoms with Crippen molar-refractivity contribution in [1.82, 2.24) is 9.88 Å². The van der Waals surface area contributed by atoms with Crippen LogP contribution < -0.4 is 0 Å². The van der Waals surface area contributed by atoms with Crippen molar-refractivity contribution >= 4 is 11.7 Å². The number of carbonyl (C=O) groups excluding carboxylic acids is 2. The van der Waals surface area contributed by atoms with Crippen LogP contribution in [0.3, 0.4) is 0 Å². The van der Waals surface area contributed by atoms with Crippen LogP contribution in [0.15, 0.2) is 42.7 Å². The molecule has 0 aliphatic carbocycles. The number of benzene rings is 1. The lowest BCUT2D eigenvalue weighted by Crippen LogP contribution is -2.37. The highest BCUT2D eigenvalue weighted by Gasteiger charge is 2.30. The Bertz CT molecular complexity index is 705. The lowest BCUT2D eigenvalue weighted by molar-refractivity contribution is 0.0681. The number of aliphatic hydroxyl groups is 1. The highest BCUT2D eigenvalue weighted by atomic mass is 16.3. The summed E-state index contributed by atoms with van der Waals surface area (Å²) in [6.07, 6.45) is 5.46. The summed E-state index contributed by atoms with van der Waals surface area (Å²) in [5, 5.41) is 9.59. The summed E-state index contributed by atoms with van der Waals surface area (Å²) < 4.78 is 0. The van der Waals surface area contributed by atoms with Crippen LogP contribution in [0.25, 0.3) is 0 Å². The second-order valence-corrected chi connectivity index (χ2v) is 6.39. The summed E-state index contributed by atoms with van der Waals surface area (Å²) in [4.78, 5) is 29.7. The highest BCUT2D eigenvalue weighted by Crippen LogP contribution is 2.24. The van der Waals surface area contributed by atoms with Crippen molar-refractivity contribution in [2.75, 3.05) is 6.54 Å². The van der Waals surface area contributed by atoms with Crippen molar-refractivity contribution in [3.05, 3.63) is 59.4 Å². The second-order valence-electron chi connectivity index (χ2n) is 6.39. The van der Waals surface area contributed by atoms with Gasteiger partial charge in [0.2, 0.25) is 0 Å². The molecular weight excluding hydrogens is 304 g/mol. The number of nitrogens with one attached hydrogen (secondary N) is 1. The summed E-state index contributed by atoms with van der Waals surface area (Å²) in [6, 6.07) is 8.63. The van der Waals surface area contributed by atoms with Gasteiger partial charge in [-0.15, -0.1) is 0 Å². The van der Waals surface area contributed by atoms with Crippen LogP contribution in [0.4, 0.5) is 0 Å². The van der Waals surface area contributed by atoms with Crippen molar-refractivity contribution in [3.63, 3.8) is 0 Å². The molecule has 5 nitrogen and oxygen atoms in total. The maximum atomic E-state index is 12.7. The fourth-order valence-corrected chi connectivity index (χ4v) is 3.30. The summed E-state index contributed by atoms with van der Waals surface area (Å²) in [6.45, 7) is 2.47. The molecule has 2 aromatic rings. The molecule has 2 heterocycles. The number of aromatic amines is 1. The van der Waals surface area contributed by atoms with Gasteiger partial charge in [-0.3, -0.25) is 9.59 Å². The number of ketones is 1. The molecule has 0 radical (unpaired) electrons. The number of aromatic nitrogens is 1. The fourth-order valence-electron chi connectivity index (χ4n) is 3.30. The Balaban J connectivity index is 1.73. The zero-order chi connectivity index (χ0) is 17.1. The quantitative estimate of drug-likeness (QED) is 0.830. The van der Waals surface area contributed by atoms with Gasteiger partial charge in [-0.2, -0.15) is 0 Å². The van der Waals surface area contributed by atoms with Gasteiger partial charge < -0.3 is 15.0 Å². The summed E-state index contributed by atoms with van der Waals surface area (Å²) in [5.74, 6) is -0.0952. The number of nitrogens with zero attached hydrogens (tertiary/aromatic N) is 1. The van der Waals surface area contributed by atoms with E-state index in [0.717, 1.165) is 19.4 Å². The summed E-state index contributed by atoms with van der Waals surface area (Å²) in [7, 11) is 0. The molecule has 2 unspecified atom stereocenters. The van der Waals surface area contributed by atoms with Crippen molar-refractivity contribution in [1.29, 1.82) is 0 Å². The van der Waals surface area contributed by atoms with Crippen molar-refractivity contribution in [2.45, 2.75) is 38.3 Å². The van der Waals surface area contributed by atoms with Gasteiger partial charge in [0.05, 0.1) is 6.10 Å². The minimum absolute atomic E-state index is 0.0289. The zero-order valence-corrected chi connectivity index (χ0v) is 13.7. The molecule has 1 amide bonds. The average Bonchev–Trinajstić information content (AvgIpc) is 3.25. The number of likely N-dealkylation sites (tertiary alicyclic amines) is 1. The van der Waals surface area contributed by atoms with Crippen LogP contribution in [0.5, 0.6) is 0 Å². The van der Waals surface area contributed by atoms with E-state index in [1.807, 2.05) is 4.90 Å². The van der Waals surface area contributed by atoms with Crippen LogP contribution >= 0.6 is 0 Å². The molecule has 1 aliphatic rings. The molecule has 0 spiro atoms. The first-order chi connectivity index (χ1) is 11.6. The normalized spacial score (nSPS) is 18.6. The molecule has 126 valence electrons. The highest BCUT2D eigenvalue weighted by molar-refractivity contribution is 6.09. The van der Waals surface area contributed by atoms with Crippen LogP contribution in [0, 0.1) is 0 Å². The molecule has 2 N–H and O–H groups in total. The van der Waals surface area contributed by atoms with Crippen molar-refractivity contribution < 1.29 is 14.7 Å². The van der Waals surface area contributed by atoms with Gasteiger partial charge in [0.1, 0.15) is 0 Å². The van der Waals surface area contributed by atoms with Crippen molar-refractivity contribution in [3.8, 4) is 0 Å². The Morgan fingerprint density at radius 2 is 1.92 bits per heavy atom. The van der Waals surface area contributed by atoms with E-state index in [-0.39, 0.29) is 17.7 Å². The molecule has 5 heteroatoms. The van der Waals surface area contributed by atoms with Gasteiger partial charge in [0.25, 0.3) is 5.91 Å². The maximum absolute atomic E-state index is 12.7. The third kappa shape index (κ3) is 3.41. The number of aliphatic hydroxyl groups excluding tert-OH is 1. The Morgan fingerprint density at radius 3 is 2.54 bits per heavy atom. The predicted octanol–water partition coefficient (Wildman–Crippen LogP) is 2.62. The van der Waals surface area contributed by atoms with Gasteiger partial charge in [-0.05, 0) is 44.4 Å². The molecular formula is C19H22N2O3. The first kappa shape index (κ1) is 16.5. The van der Waals surface area contributed by atoms with E-state index in [2.05, 4.69) is 4.98 Å². The fraction of sp³-hybridized carbons (Fsp3) is 0.368. The Labute approximate surface area is 141 Å². The molecule has 1 aromatic heterocycles. The third-order valence-electron chi connectivity index (χ3n) is 4.51. The standard InChI is InChI=1S/C19H22N2O3/c1-13(22)11-17-3-2-10-21(17)19(24)15-6-4-14(5-7-15)18(23)16-8-9-20-12-16/h4-9,12-13,17,20,22H,2-3,10-11H2,1H3. The largest absolute Gasteiger partial charge is 0.393 e. The zero-order valence-electron chi connectivity index (χ0n) is 13.7. The van der Waals surface area contributed by atoms with Crippen LogP contribution in [-0.4, -0.2) is 45.4 Å². The van der Waals surface area contributed by atoms with Crippen LogP contribution in [-0.2, 0) is 0 Å². The molecule has 0 saturated carbocycles. The number of H-pyrrole nitrogens is 1. The molecule has 1 aromatic carbocycles. The number of hydrogen-bond donors (Lipinski definition) is 2. The summed E-state index contributed by atoms with van der Waals surface area (Å²) in [5.41, 5.74) is 1.75. The average molecular weight is 326 g/mol. The van der Waals surface area contributed by atoms with Gasteiger partial charge in [0, 0.05) is 41.7 Å². The second kappa shape index (κ2) is 7.01. The topological polar surface area (TPSA) is 73.4 Å². The van der Waals surface area contributed by atoms with E-state index in [1.165, 1.54) is 0 Å². The molecule has 1 aliphatic heterocycles. The molecule has 1 saturated heterocycles. The van der Waals surface area contributed by atoms with Gasteiger partial charge >= 0.3 is 0 Å². The minimum atomic E-state index is -0.412. The number of carbonyl (C=O) groups is 2. The minimum Gasteiger partial charge on any atom is -0.393 e. The molecule has 3 rings (SSSR count). The maximum Gasteiger partial charge on any atom is 0.254 e. The lowest BCUT2D eigenvalue weighted by Gasteiger charge is -2.25. The summed E-state index contributed by atoms with van der Waals surface area (Å²) >= 11 is 0. The Morgan fingerprint density at radius 1 is 1.21 bits per heavy atom. The predicted molar refractivity (Wildman–Crippen MR) is 91.0 cm³/mol. The smallest absolute Gasteiger partial charge is 0.254 e. The molecule has 0 bridgehead atoms. The lowest BCUT2D eigenvalue weighted by atomic mass is 10.0. The third-order valence-corrected chi connectivity index (χ3v) is 4.51. The number of rotatable bonds is 5. The molecule has 24 heavy (non-hydrogen) atoms. The molecule has 1 fully saturated rings. The molecule has 2 atom stereocenters. The van der Waals surface area contributed by atoms with Crippen LogP contribution in [0.1, 0.15) is 52.5 Å². The van der Waals surface area contributed by atoms with E-state index in [4.69, 9.17) is 0 Å². The van der Waals surface area contributed by atoms with E-state index < -0.39 is 6.10 Å². The number of amides is 1. The van der Waals surface area contributed by atoms with Gasteiger partial charge in [0.15, 0.2) is 5.78 Å². The van der Waals surface area contributed by atoms with E-state index in [9.17, 15) is 14.7 Å². The SMILES string of the molecule is CC(O)CC1CCCN1C(=O)c1ccc(C(=O)c2cc[nH]c2)cc1. The van der Waals surface area contributed by atoms with E-state index in [1.54, 1.807) is 49.6 Å². The van der Waals surface area contributed by atoms with Gasteiger partial charge in [-0.1, -0.05) is 12.1 Å². The monoisotopic (exact) mass is 326 g/mol. The first-order valence-electron chi connectivity index (χ1n) is 8.33. The Kier molecular flexibility index (Phi) is 4.81. The number of hydrogen-bond acceptors (Lipinski definition) is 3. The van der Waals surface area contributed by atoms with Crippen molar-refractivity contribution in [2.24, 2.45) is 0 Å². The van der Waals surface area contributed by atoms with E-state index in [0.29, 0.717) is 23.1 Å². The van der Waals surface area contributed by atoms with Crippen LogP contribution in [0.2, 0.25) is 0 Å². The van der Waals surface area contributed by atoms with Gasteiger partial charge in [-0.25, -0.2) is 0 Å².